The van der Waals surface area contributed by atoms with E-state index in [1.54, 1.807) is 17.8 Å². The molecule has 0 spiro atoms. The molecule has 0 bridgehead atoms. The number of fused-ring (bicyclic) bond motifs is 1. The number of nitrogens with one attached hydrogen (secondary N) is 1. The molecule has 1 saturated carbocycles. The van der Waals surface area contributed by atoms with Crippen LogP contribution >= 0.6 is 0 Å². The molecule has 10 heteroatoms. The maximum absolute atomic E-state index is 15.3. The second kappa shape index (κ2) is 10.1. The molecule has 2 aliphatic rings. The quantitative estimate of drug-likeness (QED) is 0.432. The van der Waals surface area contributed by atoms with Crippen molar-refractivity contribution in [3.8, 4) is 11.1 Å². The topological polar surface area (TPSA) is 105 Å². The largest absolute Gasteiger partial charge is 0.481 e. The van der Waals surface area contributed by atoms with Gasteiger partial charge in [0.15, 0.2) is 11.6 Å². The smallest absolute Gasteiger partial charge is 0.305 e. The average Bonchev–Trinajstić information content (AvgIpc) is 3.24. The number of carboxylic acid groups (broad SMARTS) is 1. The fourth-order valence-electron chi connectivity index (χ4n) is 6.78. The Bertz CT molecular complexity index is 1560. The van der Waals surface area contributed by atoms with Crippen LogP contribution in [0.4, 0.5) is 8.78 Å². The maximum atomic E-state index is 15.3. The molecule has 2 aromatic carbocycles. The number of hydrogen-bond acceptors (Lipinski definition) is 4. The molecule has 1 aromatic heterocycles. The Kier molecular flexibility index (Phi) is 6.99. The first-order valence-corrected chi connectivity index (χ1v) is 13.6. The predicted octanol–water partition coefficient (Wildman–Crippen LogP) is 4.72. The number of rotatable bonds is 7. The molecule has 0 unspecified atom stereocenters. The Balaban J connectivity index is 1.51. The van der Waals surface area contributed by atoms with Gasteiger partial charge in [0.1, 0.15) is 11.7 Å². The standard InChI is InChI=1S/C31H34F2N4O4/c1-15-7-16(2)25(17(3)8-15)18-9-19(27(33)21(32)10-18)22(11-24(38)39)35-29(40)28-26-20(31(26,4)5)12-37(28)30(41)23-13-36(6)14-34-23/h7-10,13-14,20,22,26,28H,11-12H2,1-6H3,(H,35,40)(H,38,39)/t20-,22-,26-,28-/m0/s1. The van der Waals surface area contributed by atoms with Crippen LogP contribution < -0.4 is 5.32 Å². The molecule has 2 amide bonds. The van der Waals surface area contributed by atoms with Gasteiger partial charge in [0.25, 0.3) is 5.91 Å². The second-order valence-electron chi connectivity index (χ2n) is 12.1. The average molecular weight is 565 g/mol. The summed E-state index contributed by atoms with van der Waals surface area (Å²) >= 11 is 0. The Morgan fingerprint density at radius 3 is 2.37 bits per heavy atom. The summed E-state index contributed by atoms with van der Waals surface area (Å²) in [6.07, 6.45) is 2.39. The van der Waals surface area contributed by atoms with Crippen LogP contribution in [0.1, 0.15) is 59.1 Å². The van der Waals surface area contributed by atoms with E-state index >= 15 is 8.78 Å². The highest BCUT2D eigenvalue weighted by Gasteiger charge is 2.69. The van der Waals surface area contributed by atoms with Gasteiger partial charge in [-0.25, -0.2) is 13.8 Å². The molecular formula is C31H34F2N4O4. The lowest BCUT2D eigenvalue weighted by Crippen LogP contribution is -2.50. The molecule has 1 saturated heterocycles. The number of imidazole rings is 1. The summed E-state index contributed by atoms with van der Waals surface area (Å²) in [5.74, 6) is -4.75. The summed E-state index contributed by atoms with van der Waals surface area (Å²) in [4.78, 5) is 44.6. The van der Waals surface area contributed by atoms with Gasteiger partial charge in [-0.1, -0.05) is 31.5 Å². The highest BCUT2D eigenvalue weighted by atomic mass is 19.2. The number of halogens is 2. The Morgan fingerprint density at radius 2 is 1.78 bits per heavy atom. The summed E-state index contributed by atoms with van der Waals surface area (Å²) in [6.45, 7) is 10.1. The van der Waals surface area contributed by atoms with E-state index in [9.17, 15) is 19.5 Å². The fraction of sp³-hybridized carbons (Fsp3) is 0.419. The third kappa shape index (κ3) is 5.00. The summed E-state index contributed by atoms with van der Waals surface area (Å²) in [7, 11) is 1.73. The van der Waals surface area contributed by atoms with Gasteiger partial charge in [-0.15, -0.1) is 0 Å². The fourth-order valence-corrected chi connectivity index (χ4v) is 6.78. The summed E-state index contributed by atoms with van der Waals surface area (Å²) in [6, 6.07) is 4.09. The molecule has 2 fully saturated rings. The molecule has 2 N–H and O–H groups in total. The number of benzene rings is 2. The number of carbonyl (C=O) groups is 3. The van der Waals surface area contributed by atoms with Crippen molar-refractivity contribution >= 4 is 17.8 Å². The normalized spacial score (nSPS) is 21.4. The van der Waals surface area contributed by atoms with Crippen molar-refractivity contribution < 1.29 is 28.3 Å². The minimum absolute atomic E-state index is 0.0776. The van der Waals surface area contributed by atoms with E-state index in [1.807, 2.05) is 46.8 Å². The van der Waals surface area contributed by atoms with Crippen LogP contribution in [0.3, 0.4) is 0 Å². The molecule has 1 aliphatic heterocycles. The summed E-state index contributed by atoms with van der Waals surface area (Å²) < 4.78 is 32.0. The molecule has 3 aromatic rings. The van der Waals surface area contributed by atoms with Gasteiger partial charge in [-0.05, 0) is 72.4 Å². The van der Waals surface area contributed by atoms with Gasteiger partial charge in [0.2, 0.25) is 5.91 Å². The van der Waals surface area contributed by atoms with Crippen molar-refractivity contribution in [2.45, 2.75) is 53.1 Å². The van der Waals surface area contributed by atoms with Crippen LogP contribution in [-0.2, 0) is 16.6 Å². The molecule has 1 aliphatic carbocycles. The minimum Gasteiger partial charge on any atom is -0.481 e. The van der Waals surface area contributed by atoms with E-state index in [2.05, 4.69) is 10.3 Å². The van der Waals surface area contributed by atoms with Crippen molar-refractivity contribution in [2.75, 3.05) is 6.54 Å². The van der Waals surface area contributed by atoms with Crippen LogP contribution in [0, 0.1) is 49.7 Å². The van der Waals surface area contributed by atoms with Crippen molar-refractivity contribution in [2.24, 2.45) is 24.3 Å². The van der Waals surface area contributed by atoms with E-state index < -0.39 is 47.9 Å². The van der Waals surface area contributed by atoms with E-state index in [0.29, 0.717) is 17.7 Å². The zero-order valence-electron chi connectivity index (χ0n) is 24.0. The highest BCUT2D eigenvalue weighted by molar-refractivity contribution is 5.97. The number of carbonyl (C=O) groups excluding carboxylic acids is 2. The van der Waals surface area contributed by atoms with Gasteiger partial charge < -0.3 is 19.9 Å². The number of nitrogens with zero attached hydrogens (tertiary/aromatic N) is 3. The van der Waals surface area contributed by atoms with Crippen LogP contribution in [0.5, 0.6) is 0 Å². The van der Waals surface area contributed by atoms with Crippen molar-refractivity contribution in [3.63, 3.8) is 0 Å². The molecule has 2 heterocycles. The summed E-state index contributed by atoms with van der Waals surface area (Å²) in [5, 5.41) is 12.4. The number of amides is 2. The van der Waals surface area contributed by atoms with Gasteiger partial charge in [0.05, 0.1) is 18.8 Å². The lowest BCUT2D eigenvalue weighted by molar-refractivity contribution is -0.138. The monoisotopic (exact) mass is 564 g/mol. The number of aryl methyl sites for hydroxylation is 4. The van der Waals surface area contributed by atoms with Crippen LogP contribution in [-0.4, -0.2) is 49.9 Å². The first kappa shape index (κ1) is 28.4. The second-order valence-corrected chi connectivity index (χ2v) is 12.1. The number of aromatic nitrogens is 2. The molecule has 0 radical (unpaired) electrons. The van der Waals surface area contributed by atoms with Gasteiger partial charge >= 0.3 is 5.97 Å². The number of carboxylic acids is 1. The molecular weight excluding hydrogens is 530 g/mol. The molecule has 5 rings (SSSR count). The van der Waals surface area contributed by atoms with Gasteiger partial charge in [-0.3, -0.25) is 14.4 Å². The van der Waals surface area contributed by atoms with E-state index in [1.165, 1.54) is 17.3 Å². The Morgan fingerprint density at radius 1 is 1.12 bits per heavy atom. The van der Waals surface area contributed by atoms with Gasteiger partial charge in [-0.2, -0.15) is 0 Å². The number of aliphatic carboxylic acids is 1. The zero-order valence-corrected chi connectivity index (χ0v) is 24.0. The lowest BCUT2D eigenvalue weighted by Gasteiger charge is -2.31. The highest BCUT2D eigenvalue weighted by Crippen LogP contribution is 2.65. The first-order chi connectivity index (χ1) is 19.2. The molecule has 4 atom stereocenters. The molecule has 41 heavy (non-hydrogen) atoms. The third-order valence-electron chi connectivity index (χ3n) is 8.75. The lowest BCUT2D eigenvalue weighted by atomic mass is 9.90. The van der Waals surface area contributed by atoms with Crippen molar-refractivity contribution in [3.05, 3.63) is 76.4 Å². The number of piperidine rings is 1. The first-order valence-electron chi connectivity index (χ1n) is 13.6. The van der Waals surface area contributed by atoms with Crippen molar-refractivity contribution in [1.82, 2.24) is 19.8 Å². The van der Waals surface area contributed by atoms with Crippen LogP contribution in [0.2, 0.25) is 0 Å². The Hall–Kier alpha value is -4.08. The van der Waals surface area contributed by atoms with Crippen LogP contribution in [0.25, 0.3) is 11.1 Å². The molecule has 216 valence electrons. The van der Waals surface area contributed by atoms with Crippen molar-refractivity contribution in [1.29, 1.82) is 0 Å². The SMILES string of the molecule is Cc1cc(C)c(-c2cc(F)c(F)c([C@H](CC(=O)O)NC(=O)[C@@H]3[C@@H]4[C@H](CN3C(=O)c3cn(C)cn3)C4(C)C)c2)c(C)c1. The van der Waals surface area contributed by atoms with E-state index in [4.69, 9.17) is 0 Å². The summed E-state index contributed by atoms with van der Waals surface area (Å²) in [5.41, 5.74) is 3.55. The van der Waals surface area contributed by atoms with Gasteiger partial charge in [0, 0.05) is 25.4 Å². The molecule has 8 nitrogen and oxygen atoms in total. The number of likely N-dealkylation sites (tertiary alicyclic amines) is 1. The third-order valence-corrected chi connectivity index (χ3v) is 8.75. The van der Waals surface area contributed by atoms with E-state index in [-0.39, 0.29) is 28.5 Å². The minimum atomic E-state index is -1.37. The Labute approximate surface area is 237 Å². The number of hydrogen-bond donors (Lipinski definition) is 2. The predicted molar refractivity (Wildman–Crippen MR) is 148 cm³/mol. The zero-order chi connectivity index (χ0) is 30.0. The van der Waals surface area contributed by atoms with E-state index in [0.717, 1.165) is 22.8 Å². The maximum Gasteiger partial charge on any atom is 0.305 e. The van der Waals surface area contributed by atoms with Crippen LogP contribution in [0.15, 0.2) is 36.8 Å².